The topological polar surface area (TPSA) is 112 Å². The van der Waals surface area contributed by atoms with Gasteiger partial charge in [0.15, 0.2) is 5.82 Å². The predicted octanol–water partition coefficient (Wildman–Crippen LogP) is 3.42. The molecule has 1 amide bonds. The number of aryl methyl sites for hydroxylation is 1. The molecule has 0 saturated heterocycles. The second kappa shape index (κ2) is 7.30. The molecular weight excluding hydrogens is 395 g/mol. The van der Waals surface area contributed by atoms with E-state index >= 15 is 0 Å². The lowest BCUT2D eigenvalue weighted by Crippen LogP contribution is -2.27. The molecule has 158 valence electrons. The number of hydrogen-bond acceptors (Lipinski definition) is 5. The van der Waals surface area contributed by atoms with Gasteiger partial charge in [-0.3, -0.25) is 15.2 Å². The molecule has 0 bridgehead atoms. The molecule has 3 heterocycles. The van der Waals surface area contributed by atoms with E-state index in [4.69, 9.17) is 11.1 Å². The van der Waals surface area contributed by atoms with Crippen molar-refractivity contribution in [3.63, 3.8) is 0 Å². The van der Waals surface area contributed by atoms with Crippen molar-refractivity contribution in [2.24, 2.45) is 5.92 Å². The largest absolute Gasteiger partial charge is 0.398 e. The van der Waals surface area contributed by atoms with E-state index in [2.05, 4.69) is 15.0 Å². The number of hydrogen-bond donors (Lipinski definition) is 3. The lowest BCUT2D eigenvalue weighted by Gasteiger charge is -2.15. The summed E-state index contributed by atoms with van der Waals surface area (Å²) in [5.74, 6) is 0.446. The van der Waals surface area contributed by atoms with Crippen LogP contribution in [-0.2, 0) is 24.3 Å². The van der Waals surface area contributed by atoms with Crippen molar-refractivity contribution < 1.29 is 9.18 Å². The molecule has 5 rings (SSSR count). The van der Waals surface area contributed by atoms with Crippen LogP contribution in [0.1, 0.15) is 48.1 Å². The van der Waals surface area contributed by atoms with Crippen molar-refractivity contribution in [3.05, 3.63) is 64.6 Å². The van der Waals surface area contributed by atoms with Gasteiger partial charge in [0.1, 0.15) is 11.5 Å². The molecule has 7 nitrogen and oxygen atoms in total. The number of carbonyl (C=O) groups is 1. The van der Waals surface area contributed by atoms with Gasteiger partial charge in [-0.05, 0) is 43.0 Å². The summed E-state index contributed by atoms with van der Waals surface area (Å²) in [4.78, 5) is 26.2. The lowest BCUT2D eigenvalue weighted by molar-refractivity contribution is -0.133. The number of nitrogen functional groups attached to an aromatic ring is 1. The summed E-state index contributed by atoms with van der Waals surface area (Å²) in [6.45, 7) is 2.97. The number of aromatic nitrogens is 3. The summed E-state index contributed by atoms with van der Waals surface area (Å²) in [5, 5.41) is 8.57. The maximum Gasteiger partial charge on any atom is 0.226 e. The minimum absolute atomic E-state index is 0.140. The molecule has 1 aliphatic heterocycles. The van der Waals surface area contributed by atoms with Gasteiger partial charge in [0.2, 0.25) is 5.91 Å². The first-order valence-corrected chi connectivity index (χ1v) is 10.4. The number of aromatic amines is 1. The minimum Gasteiger partial charge on any atom is -0.398 e. The van der Waals surface area contributed by atoms with Gasteiger partial charge < -0.3 is 15.6 Å². The van der Waals surface area contributed by atoms with Crippen molar-refractivity contribution in [3.8, 4) is 11.3 Å². The molecule has 0 spiro atoms. The van der Waals surface area contributed by atoms with Crippen molar-refractivity contribution >= 4 is 17.3 Å². The maximum absolute atomic E-state index is 13.8. The van der Waals surface area contributed by atoms with E-state index in [1.54, 1.807) is 12.1 Å². The molecule has 2 aromatic heterocycles. The van der Waals surface area contributed by atoms with E-state index in [0.717, 1.165) is 36.2 Å². The maximum atomic E-state index is 13.8. The van der Waals surface area contributed by atoms with Gasteiger partial charge in [-0.2, -0.15) is 0 Å². The molecule has 1 saturated carbocycles. The molecule has 0 unspecified atom stereocenters. The zero-order valence-corrected chi connectivity index (χ0v) is 17.2. The highest BCUT2D eigenvalue weighted by Gasteiger charge is 2.37. The number of carbonyl (C=O) groups excluding carboxylic acids is 1. The highest BCUT2D eigenvalue weighted by atomic mass is 19.1. The number of imidazole rings is 1. The number of fused-ring (bicyclic) bond motifs is 1. The Balaban J connectivity index is 1.38. The van der Waals surface area contributed by atoms with E-state index in [0.29, 0.717) is 41.4 Å². The van der Waals surface area contributed by atoms with Crippen molar-refractivity contribution in [1.82, 2.24) is 19.9 Å². The predicted molar refractivity (Wildman–Crippen MR) is 115 cm³/mol. The number of halogens is 1. The van der Waals surface area contributed by atoms with E-state index in [1.807, 2.05) is 11.8 Å². The smallest absolute Gasteiger partial charge is 0.226 e. The van der Waals surface area contributed by atoms with Crippen LogP contribution in [0.4, 0.5) is 10.1 Å². The highest BCUT2D eigenvalue weighted by molar-refractivity contribution is 6.11. The summed E-state index contributed by atoms with van der Waals surface area (Å²) in [6.07, 6.45) is 4.23. The molecule has 1 fully saturated rings. The standard InChI is InChI=1S/C23H23FN6O/c1-2-12-5-6-14(24)7-15(12)18-8-17(25)16(9-27-18)21(26)22-28-19-10-30(11-20(19)29-22)23(31)13-3-4-13/h5-9,13,26H,2-4,10-11H2,1H3,(H2,25,27)(H,28,29). The molecule has 1 aromatic carbocycles. The number of rotatable bonds is 5. The molecule has 1 aliphatic carbocycles. The zero-order valence-electron chi connectivity index (χ0n) is 17.2. The van der Waals surface area contributed by atoms with Crippen LogP contribution in [0.2, 0.25) is 0 Å². The summed E-state index contributed by atoms with van der Waals surface area (Å²) in [7, 11) is 0. The molecule has 31 heavy (non-hydrogen) atoms. The van der Waals surface area contributed by atoms with E-state index in [9.17, 15) is 9.18 Å². The molecule has 3 aromatic rings. The number of nitrogens with two attached hydrogens (primary N) is 1. The van der Waals surface area contributed by atoms with Gasteiger partial charge in [-0.1, -0.05) is 13.0 Å². The first kappa shape index (κ1) is 19.4. The van der Waals surface area contributed by atoms with Crippen molar-refractivity contribution in [1.29, 1.82) is 5.41 Å². The van der Waals surface area contributed by atoms with Gasteiger partial charge in [0, 0.05) is 28.9 Å². The SMILES string of the molecule is CCc1ccc(F)cc1-c1cc(N)c(C(=N)c2nc3c([nH]2)CN(C(=O)C2CC2)C3)cn1. The fourth-order valence-corrected chi connectivity index (χ4v) is 4.05. The van der Waals surface area contributed by atoms with Gasteiger partial charge in [-0.25, -0.2) is 9.37 Å². The van der Waals surface area contributed by atoms with Crippen LogP contribution in [0.5, 0.6) is 0 Å². The van der Waals surface area contributed by atoms with Crippen molar-refractivity contribution in [2.45, 2.75) is 39.3 Å². The summed E-state index contributed by atoms with van der Waals surface area (Å²) in [6, 6.07) is 6.31. The Hall–Kier alpha value is -3.55. The summed E-state index contributed by atoms with van der Waals surface area (Å²) >= 11 is 0. The Labute approximate surface area is 179 Å². The third-order valence-corrected chi connectivity index (χ3v) is 5.96. The third kappa shape index (κ3) is 3.48. The fraction of sp³-hybridized carbons (Fsp3) is 0.304. The summed E-state index contributed by atoms with van der Waals surface area (Å²) < 4.78 is 13.8. The minimum atomic E-state index is -0.330. The number of nitrogens with zero attached hydrogens (tertiary/aromatic N) is 3. The third-order valence-electron chi connectivity index (χ3n) is 5.96. The monoisotopic (exact) mass is 418 g/mol. The highest BCUT2D eigenvalue weighted by Crippen LogP contribution is 2.34. The number of anilines is 1. The molecule has 2 aliphatic rings. The summed E-state index contributed by atoms with van der Waals surface area (Å²) in [5.41, 5.74) is 11.1. The van der Waals surface area contributed by atoms with Crippen LogP contribution in [0.3, 0.4) is 0 Å². The van der Waals surface area contributed by atoms with Gasteiger partial charge in [-0.15, -0.1) is 0 Å². The first-order chi connectivity index (χ1) is 14.9. The molecular formula is C23H23FN6O. The van der Waals surface area contributed by atoms with Gasteiger partial charge >= 0.3 is 0 Å². The number of benzene rings is 1. The first-order valence-electron chi connectivity index (χ1n) is 10.4. The normalized spacial score (nSPS) is 15.2. The molecule has 0 radical (unpaired) electrons. The van der Waals surface area contributed by atoms with Crippen LogP contribution in [0, 0.1) is 17.1 Å². The lowest BCUT2D eigenvalue weighted by atomic mass is 10.00. The Bertz CT molecular complexity index is 1190. The second-order valence-corrected chi connectivity index (χ2v) is 8.17. The quantitative estimate of drug-likeness (QED) is 0.551. The van der Waals surface area contributed by atoms with Crippen LogP contribution in [0.15, 0.2) is 30.5 Å². The average molecular weight is 418 g/mol. The Kier molecular flexibility index (Phi) is 4.57. The molecule has 0 atom stereocenters. The molecule has 8 heteroatoms. The van der Waals surface area contributed by atoms with Crippen molar-refractivity contribution in [2.75, 3.05) is 5.73 Å². The van der Waals surface area contributed by atoms with Gasteiger partial charge in [0.25, 0.3) is 0 Å². The van der Waals surface area contributed by atoms with Gasteiger partial charge in [0.05, 0.1) is 30.2 Å². The van der Waals surface area contributed by atoms with Crippen LogP contribution in [0.25, 0.3) is 11.3 Å². The Morgan fingerprint density at radius 2 is 2.13 bits per heavy atom. The second-order valence-electron chi connectivity index (χ2n) is 8.17. The average Bonchev–Trinajstić information content (AvgIpc) is 3.42. The fourth-order valence-electron chi connectivity index (χ4n) is 4.05. The van der Waals surface area contributed by atoms with Crippen LogP contribution in [-0.4, -0.2) is 31.5 Å². The zero-order chi connectivity index (χ0) is 21.7. The van der Waals surface area contributed by atoms with E-state index < -0.39 is 0 Å². The van der Waals surface area contributed by atoms with E-state index in [-0.39, 0.29) is 23.4 Å². The Morgan fingerprint density at radius 1 is 1.32 bits per heavy atom. The van der Waals surface area contributed by atoms with Crippen LogP contribution >= 0.6 is 0 Å². The van der Waals surface area contributed by atoms with Crippen LogP contribution < -0.4 is 5.73 Å². The number of H-pyrrole nitrogens is 1. The number of nitrogens with one attached hydrogen (secondary N) is 2. The number of pyridine rings is 1. The number of amides is 1. The molecule has 4 N–H and O–H groups in total. The Morgan fingerprint density at radius 3 is 2.81 bits per heavy atom. The van der Waals surface area contributed by atoms with E-state index in [1.165, 1.54) is 18.3 Å².